The molecule has 2 heterocycles. The van der Waals surface area contributed by atoms with E-state index in [1.807, 2.05) is 6.07 Å². The first-order valence-electron chi connectivity index (χ1n) is 7.74. The Morgan fingerprint density at radius 2 is 1.86 bits per heavy atom. The first-order valence-corrected chi connectivity index (χ1v) is 9.60. The van der Waals surface area contributed by atoms with E-state index in [-0.39, 0.29) is 38.5 Å². The van der Waals surface area contributed by atoms with Crippen LogP contribution in [0.25, 0.3) is 0 Å². The van der Waals surface area contributed by atoms with Crippen molar-refractivity contribution in [3.63, 3.8) is 0 Å². The molecule has 0 atom stereocenters. The number of aromatic nitrogens is 2. The number of pyridine rings is 2. The Bertz CT molecular complexity index is 1270. The molecule has 144 valence electrons. The van der Waals surface area contributed by atoms with Crippen LogP contribution in [0.4, 0.5) is 10.2 Å². The van der Waals surface area contributed by atoms with Gasteiger partial charge in [0.15, 0.2) is 5.69 Å². The molecule has 3 rings (SSSR count). The molecular weight excluding hydrogens is 421 g/mol. The molecule has 0 radical (unpaired) electrons. The van der Waals surface area contributed by atoms with Gasteiger partial charge in [-0.1, -0.05) is 11.6 Å². The number of nitrogens with zero attached hydrogens (tertiary/aromatic N) is 4. The van der Waals surface area contributed by atoms with Crippen LogP contribution >= 0.6 is 11.6 Å². The van der Waals surface area contributed by atoms with Gasteiger partial charge in [-0.15, -0.1) is 0 Å². The highest BCUT2D eigenvalue weighted by atomic mass is 35.5. The highest BCUT2D eigenvalue weighted by Gasteiger charge is 2.18. The minimum absolute atomic E-state index is 0.0152. The maximum atomic E-state index is 12.9. The van der Waals surface area contributed by atoms with Gasteiger partial charge in [-0.25, -0.2) is 22.8 Å². The third-order valence-electron chi connectivity index (χ3n) is 3.50. The summed E-state index contributed by atoms with van der Waals surface area (Å²) in [6, 6.07) is 10.8. The molecule has 0 amide bonds. The van der Waals surface area contributed by atoms with E-state index in [1.54, 1.807) is 6.07 Å². The minimum atomic E-state index is -4.08. The molecule has 0 aliphatic rings. The maximum absolute atomic E-state index is 12.9. The van der Waals surface area contributed by atoms with Crippen LogP contribution < -0.4 is 9.46 Å². The standard InChI is InChI=1S/C18H9ClFN5O3S/c19-15-6-13(10-23-16(15)8-22)28-17-3-2-14(5-11(17)7-21)29(26,27)25-18-4-1-12(20)9-24-18/h1-6,9-10H,(H,24,25). The topological polar surface area (TPSA) is 129 Å². The van der Waals surface area contributed by atoms with Crippen LogP contribution in [0.2, 0.25) is 5.02 Å². The van der Waals surface area contributed by atoms with E-state index in [0.29, 0.717) is 0 Å². The zero-order chi connectivity index (χ0) is 21.0. The number of hydrogen-bond acceptors (Lipinski definition) is 7. The van der Waals surface area contributed by atoms with E-state index in [2.05, 4.69) is 14.7 Å². The summed E-state index contributed by atoms with van der Waals surface area (Å²) in [6.45, 7) is 0. The fraction of sp³-hybridized carbons (Fsp3) is 0. The van der Waals surface area contributed by atoms with Gasteiger partial charge >= 0.3 is 0 Å². The second-order valence-corrected chi connectivity index (χ2v) is 7.54. The molecule has 0 spiro atoms. The Balaban J connectivity index is 1.88. The normalized spacial score (nSPS) is 10.6. The molecule has 0 aliphatic carbocycles. The number of anilines is 1. The molecule has 29 heavy (non-hydrogen) atoms. The maximum Gasteiger partial charge on any atom is 0.263 e. The molecule has 0 saturated carbocycles. The number of hydrogen-bond donors (Lipinski definition) is 1. The van der Waals surface area contributed by atoms with Crippen LogP contribution in [0.15, 0.2) is 53.7 Å². The van der Waals surface area contributed by atoms with Crippen LogP contribution in [0.1, 0.15) is 11.3 Å². The van der Waals surface area contributed by atoms with E-state index in [4.69, 9.17) is 21.6 Å². The summed E-state index contributed by atoms with van der Waals surface area (Å²) in [7, 11) is -4.08. The lowest BCUT2D eigenvalue weighted by molar-refractivity contribution is 0.478. The van der Waals surface area contributed by atoms with Gasteiger partial charge in [-0.2, -0.15) is 10.5 Å². The number of ether oxygens (including phenoxy) is 1. The molecule has 11 heteroatoms. The number of sulfonamides is 1. The Hall–Kier alpha value is -3.73. The van der Waals surface area contributed by atoms with Gasteiger partial charge in [0.25, 0.3) is 10.0 Å². The molecule has 3 aromatic rings. The van der Waals surface area contributed by atoms with Gasteiger partial charge in [0, 0.05) is 6.07 Å². The van der Waals surface area contributed by atoms with Gasteiger partial charge in [0.1, 0.15) is 35.3 Å². The number of halogens is 2. The average molecular weight is 430 g/mol. The van der Waals surface area contributed by atoms with E-state index in [1.165, 1.54) is 24.4 Å². The van der Waals surface area contributed by atoms with Crippen molar-refractivity contribution in [3.8, 4) is 23.6 Å². The summed E-state index contributed by atoms with van der Waals surface area (Å²) < 4.78 is 45.6. The van der Waals surface area contributed by atoms with Gasteiger partial charge in [-0.3, -0.25) is 4.72 Å². The number of nitriles is 2. The van der Waals surface area contributed by atoms with Crippen molar-refractivity contribution in [1.82, 2.24) is 9.97 Å². The summed E-state index contributed by atoms with van der Waals surface area (Å²) in [5.74, 6) is -0.467. The number of benzene rings is 1. The van der Waals surface area contributed by atoms with Crippen LogP contribution in [-0.4, -0.2) is 18.4 Å². The first-order chi connectivity index (χ1) is 13.8. The summed E-state index contributed by atoms with van der Waals surface area (Å²) in [5, 5.41) is 18.3. The molecular formula is C18H9ClFN5O3S. The van der Waals surface area contributed by atoms with Crippen LogP contribution in [0, 0.1) is 28.5 Å². The fourth-order valence-corrected chi connectivity index (χ4v) is 3.40. The number of rotatable bonds is 5. The summed E-state index contributed by atoms with van der Waals surface area (Å²) in [5.41, 5.74) is -0.0538. The Morgan fingerprint density at radius 1 is 1.07 bits per heavy atom. The lowest BCUT2D eigenvalue weighted by atomic mass is 10.2. The third-order valence-corrected chi connectivity index (χ3v) is 5.14. The quantitative estimate of drug-likeness (QED) is 0.655. The lowest BCUT2D eigenvalue weighted by Crippen LogP contribution is -2.14. The lowest BCUT2D eigenvalue weighted by Gasteiger charge is -2.11. The minimum Gasteiger partial charge on any atom is -0.454 e. The largest absolute Gasteiger partial charge is 0.454 e. The van der Waals surface area contributed by atoms with Crippen molar-refractivity contribution < 1.29 is 17.5 Å². The second-order valence-electron chi connectivity index (χ2n) is 5.45. The van der Waals surface area contributed by atoms with E-state index < -0.39 is 15.8 Å². The second kappa shape index (κ2) is 8.10. The molecule has 0 unspecified atom stereocenters. The fourth-order valence-electron chi connectivity index (χ4n) is 2.17. The van der Waals surface area contributed by atoms with Crippen molar-refractivity contribution in [1.29, 1.82) is 10.5 Å². The molecule has 1 aromatic carbocycles. The average Bonchev–Trinajstić information content (AvgIpc) is 2.70. The van der Waals surface area contributed by atoms with Crippen LogP contribution in [0.3, 0.4) is 0 Å². The Morgan fingerprint density at radius 3 is 2.48 bits per heavy atom. The summed E-state index contributed by atoms with van der Waals surface area (Å²) in [4.78, 5) is 7.23. The Kier molecular flexibility index (Phi) is 5.59. The van der Waals surface area contributed by atoms with E-state index >= 15 is 0 Å². The first kappa shape index (κ1) is 20.0. The van der Waals surface area contributed by atoms with Gasteiger partial charge < -0.3 is 4.74 Å². The van der Waals surface area contributed by atoms with Crippen molar-refractivity contribution in [3.05, 3.63) is 70.9 Å². The molecule has 0 bridgehead atoms. The molecule has 2 aromatic heterocycles. The summed E-state index contributed by atoms with van der Waals surface area (Å²) in [6.07, 6.45) is 2.12. The molecule has 0 aliphatic heterocycles. The van der Waals surface area contributed by atoms with Crippen LogP contribution in [-0.2, 0) is 10.0 Å². The highest BCUT2D eigenvalue weighted by molar-refractivity contribution is 7.92. The van der Waals surface area contributed by atoms with Crippen molar-refractivity contribution in [2.75, 3.05) is 4.72 Å². The van der Waals surface area contributed by atoms with E-state index in [0.717, 1.165) is 24.4 Å². The smallest absolute Gasteiger partial charge is 0.263 e. The Labute approximate surface area is 169 Å². The van der Waals surface area contributed by atoms with Gasteiger partial charge in [-0.05, 0) is 30.3 Å². The molecule has 8 nitrogen and oxygen atoms in total. The number of nitrogens with one attached hydrogen (secondary N) is 1. The van der Waals surface area contributed by atoms with Gasteiger partial charge in [0.05, 0.1) is 27.9 Å². The van der Waals surface area contributed by atoms with Gasteiger partial charge in [0.2, 0.25) is 0 Å². The monoisotopic (exact) mass is 429 g/mol. The van der Waals surface area contributed by atoms with Crippen molar-refractivity contribution in [2.24, 2.45) is 0 Å². The molecule has 0 fully saturated rings. The van der Waals surface area contributed by atoms with Crippen molar-refractivity contribution in [2.45, 2.75) is 4.90 Å². The van der Waals surface area contributed by atoms with E-state index in [9.17, 15) is 18.1 Å². The molecule has 1 N–H and O–H groups in total. The van der Waals surface area contributed by atoms with Crippen LogP contribution in [0.5, 0.6) is 11.5 Å². The predicted octanol–water partition coefficient (Wildman–Crippen LogP) is 3.61. The molecule has 0 saturated heterocycles. The SMILES string of the molecule is N#Cc1cc(S(=O)(=O)Nc2ccc(F)cn2)ccc1Oc1cnc(C#N)c(Cl)c1. The third kappa shape index (κ3) is 4.58. The summed E-state index contributed by atoms with van der Waals surface area (Å²) >= 11 is 5.89. The highest BCUT2D eigenvalue weighted by Crippen LogP contribution is 2.29. The van der Waals surface area contributed by atoms with Crippen molar-refractivity contribution >= 4 is 27.4 Å². The predicted molar refractivity (Wildman–Crippen MR) is 100 cm³/mol. The zero-order valence-electron chi connectivity index (χ0n) is 14.3. The zero-order valence-corrected chi connectivity index (χ0v) is 15.9.